The number of rotatable bonds is 4. The number of nitrogens with one attached hydrogen (secondary N) is 1. The van der Waals surface area contributed by atoms with E-state index in [0.717, 1.165) is 19.0 Å². The molecule has 1 saturated carbocycles. The summed E-state index contributed by atoms with van der Waals surface area (Å²) in [5.74, 6) is 0. The molecule has 2 aliphatic rings. The van der Waals surface area contributed by atoms with Crippen LogP contribution in [0.4, 0.5) is 0 Å². The number of likely N-dealkylation sites (N-methyl/N-ethyl adjacent to an activating group) is 1. The summed E-state index contributed by atoms with van der Waals surface area (Å²) in [5.41, 5.74) is 1.42. The van der Waals surface area contributed by atoms with Crippen molar-refractivity contribution in [1.82, 2.24) is 15.2 Å². The third-order valence-electron chi connectivity index (χ3n) is 4.38. The highest BCUT2D eigenvalue weighted by molar-refractivity contribution is 7.11. The molecule has 0 amide bonds. The van der Waals surface area contributed by atoms with Crippen LogP contribution in [0.2, 0.25) is 0 Å². The van der Waals surface area contributed by atoms with Gasteiger partial charge in [0.2, 0.25) is 0 Å². The maximum atomic E-state index is 4.97. The largest absolute Gasteiger partial charge is 0.304 e. The van der Waals surface area contributed by atoms with Gasteiger partial charge >= 0.3 is 0 Å². The zero-order valence-corrected chi connectivity index (χ0v) is 13.1. The molecule has 1 atom stereocenters. The Morgan fingerprint density at radius 3 is 2.84 bits per heavy atom. The summed E-state index contributed by atoms with van der Waals surface area (Å²) in [6.07, 6.45) is 6.25. The van der Waals surface area contributed by atoms with Crippen molar-refractivity contribution in [2.75, 3.05) is 20.1 Å². The number of piperidine rings is 1. The second-order valence-electron chi connectivity index (χ2n) is 6.22. The SMILES string of the molecule is CCc1nc(C2(NC3CC3)CCCN(C)C2)sc1C. The summed E-state index contributed by atoms with van der Waals surface area (Å²) < 4.78 is 0. The molecule has 3 nitrogen and oxygen atoms in total. The molecule has 0 bridgehead atoms. The van der Waals surface area contributed by atoms with Gasteiger partial charge in [-0.15, -0.1) is 11.3 Å². The standard InChI is InChI=1S/C15H25N3S/c1-4-13-11(2)19-14(16-13)15(17-12-6-7-12)8-5-9-18(3)10-15/h12,17H,4-10H2,1-3H3. The lowest BCUT2D eigenvalue weighted by Gasteiger charge is -2.41. The summed E-state index contributed by atoms with van der Waals surface area (Å²) in [5, 5.41) is 5.26. The van der Waals surface area contributed by atoms with E-state index in [2.05, 4.69) is 31.1 Å². The predicted molar refractivity (Wildman–Crippen MR) is 80.8 cm³/mol. The topological polar surface area (TPSA) is 28.2 Å². The molecule has 2 fully saturated rings. The quantitative estimate of drug-likeness (QED) is 0.918. The van der Waals surface area contributed by atoms with Gasteiger partial charge in [-0.3, -0.25) is 0 Å². The Morgan fingerprint density at radius 2 is 2.26 bits per heavy atom. The number of aromatic nitrogens is 1. The van der Waals surface area contributed by atoms with Gasteiger partial charge in [0.05, 0.1) is 11.2 Å². The zero-order chi connectivity index (χ0) is 13.5. The average Bonchev–Trinajstić information content (AvgIpc) is 3.09. The molecule has 0 aromatic carbocycles. The molecule has 1 unspecified atom stereocenters. The number of nitrogens with zero attached hydrogens (tertiary/aromatic N) is 2. The predicted octanol–water partition coefficient (Wildman–Crippen LogP) is 2.69. The molecule has 106 valence electrons. The zero-order valence-electron chi connectivity index (χ0n) is 12.3. The van der Waals surface area contributed by atoms with Crippen LogP contribution >= 0.6 is 11.3 Å². The number of hydrogen-bond donors (Lipinski definition) is 1. The summed E-state index contributed by atoms with van der Waals surface area (Å²) >= 11 is 1.92. The highest BCUT2D eigenvalue weighted by atomic mass is 32.1. The van der Waals surface area contributed by atoms with Crippen LogP contribution in [0.15, 0.2) is 0 Å². The maximum Gasteiger partial charge on any atom is 0.115 e. The molecule has 1 saturated heterocycles. The van der Waals surface area contributed by atoms with E-state index in [1.165, 1.54) is 47.8 Å². The van der Waals surface area contributed by atoms with Crippen molar-refractivity contribution in [3.63, 3.8) is 0 Å². The molecule has 3 rings (SSSR count). The minimum atomic E-state index is 0.122. The first-order chi connectivity index (χ1) is 9.13. The molecule has 0 radical (unpaired) electrons. The highest BCUT2D eigenvalue weighted by Gasteiger charge is 2.42. The molecule has 2 heterocycles. The number of hydrogen-bond acceptors (Lipinski definition) is 4. The van der Waals surface area contributed by atoms with Crippen molar-refractivity contribution < 1.29 is 0 Å². The van der Waals surface area contributed by atoms with Gasteiger partial charge in [0.15, 0.2) is 0 Å². The van der Waals surface area contributed by atoms with E-state index in [1.54, 1.807) is 0 Å². The Hall–Kier alpha value is -0.450. The van der Waals surface area contributed by atoms with Crippen molar-refractivity contribution in [2.45, 2.75) is 57.5 Å². The van der Waals surface area contributed by atoms with Crippen LogP contribution in [0.1, 0.15) is 48.2 Å². The maximum absolute atomic E-state index is 4.97. The first-order valence-electron chi connectivity index (χ1n) is 7.56. The van der Waals surface area contributed by atoms with E-state index >= 15 is 0 Å². The summed E-state index contributed by atoms with van der Waals surface area (Å²) in [6, 6.07) is 0.737. The Bertz CT molecular complexity index is 448. The number of aryl methyl sites for hydroxylation is 2. The van der Waals surface area contributed by atoms with Gasteiger partial charge in [-0.05, 0) is 52.6 Å². The number of likely N-dealkylation sites (tertiary alicyclic amines) is 1. The third-order valence-corrected chi connectivity index (χ3v) is 5.60. The van der Waals surface area contributed by atoms with Crippen molar-refractivity contribution in [3.8, 4) is 0 Å². The van der Waals surface area contributed by atoms with Gasteiger partial charge in [0, 0.05) is 17.5 Å². The fraction of sp³-hybridized carbons (Fsp3) is 0.800. The Labute approximate surface area is 120 Å². The molecule has 1 aromatic heterocycles. The Kier molecular flexibility index (Phi) is 3.67. The lowest BCUT2D eigenvalue weighted by atomic mass is 9.89. The molecule has 0 spiro atoms. The van der Waals surface area contributed by atoms with Crippen LogP contribution in [0.5, 0.6) is 0 Å². The van der Waals surface area contributed by atoms with E-state index in [9.17, 15) is 0 Å². The lowest BCUT2D eigenvalue weighted by molar-refractivity contribution is 0.141. The van der Waals surface area contributed by atoms with Crippen LogP contribution in [0.25, 0.3) is 0 Å². The smallest absolute Gasteiger partial charge is 0.115 e. The van der Waals surface area contributed by atoms with Crippen LogP contribution in [0, 0.1) is 6.92 Å². The minimum absolute atomic E-state index is 0.122. The third kappa shape index (κ3) is 2.71. The molecule has 1 aliphatic heterocycles. The van der Waals surface area contributed by atoms with E-state index in [1.807, 2.05) is 11.3 Å². The van der Waals surface area contributed by atoms with Crippen LogP contribution < -0.4 is 5.32 Å². The van der Waals surface area contributed by atoms with Gasteiger partial charge < -0.3 is 10.2 Å². The first-order valence-corrected chi connectivity index (χ1v) is 8.37. The van der Waals surface area contributed by atoms with Crippen LogP contribution in [-0.4, -0.2) is 36.1 Å². The van der Waals surface area contributed by atoms with Gasteiger partial charge in [0.25, 0.3) is 0 Å². The molecular weight excluding hydrogens is 254 g/mol. The van der Waals surface area contributed by atoms with E-state index in [0.29, 0.717) is 0 Å². The van der Waals surface area contributed by atoms with Crippen molar-refractivity contribution in [3.05, 3.63) is 15.6 Å². The second-order valence-corrected chi connectivity index (χ2v) is 7.42. The average molecular weight is 279 g/mol. The summed E-state index contributed by atoms with van der Waals surface area (Å²) in [6.45, 7) is 6.76. The van der Waals surface area contributed by atoms with Gasteiger partial charge in [-0.1, -0.05) is 6.92 Å². The first kappa shape index (κ1) is 13.5. The van der Waals surface area contributed by atoms with Crippen LogP contribution in [0.3, 0.4) is 0 Å². The van der Waals surface area contributed by atoms with Crippen molar-refractivity contribution in [2.24, 2.45) is 0 Å². The molecule has 1 aromatic rings. The van der Waals surface area contributed by atoms with Crippen molar-refractivity contribution in [1.29, 1.82) is 0 Å². The minimum Gasteiger partial charge on any atom is -0.304 e. The van der Waals surface area contributed by atoms with E-state index in [4.69, 9.17) is 4.98 Å². The molecule has 1 N–H and O–H groups in total. The highest BCUT2D eigenvalue weighted by Crippen LogP contribution is 2.38. The van der Waals surface area contributed by atoms with E-state index in [-0.39, 0.29) is 5.54 Å². The van der Waals surface area contributed by atoms with Gasteiger partial charge in [0.1, 0.15) is 5.01 Å². The lowest BCUT2D eigenvalue weighted by Crippen LogP contribution is -2.54. The fourth-order valence-corrected chi connectivity index (χ4v) is 4.38. The molecule has 19 heavy (non-hydrogen) atoms. The summed E-state index contributed by atoms with van der Waals surface area (Å²) in [7, 11) is 2.24. The molecular formula is C15H25N3S. The molecule has 4 heteroatoms. The number of thiazole rings is 1. The normalized spacial score (nSPS) is 28.8. The Balaban J connectivity index is 1.92. The van der Waals surface area contributed by atoms with Crippen LogP contribution in [-0.2, 0) is 12.0 Å². The monoisotopic (exact) mass is 279 g/mol. The fourth-order valence-electron chi connectivity index (χ4n) is 3.20. The van der Waals surface area contributed by atoms with Gasteiger partial charge in [-0.25, -0.2) is 4.98 Å². The molecule has 1 aliphatic carbocycles. The second kappa shape index (κ2) is 5.15. The Morgan fingerprint density at radius 1 is 1.47 bits per heavy atom. The van der Waals surface area contributed by atoms with Gasteiger partial charge in [-0.2, -0.15) is 0 Å². The van der Waals surface area contributed by atoms with E-state index < -0.39 is 0 Å². The summed E-state index contributed by atoms with van der Waals surface area (Å²) in [4.78, 5) is 8.83. The van der Waals surface area contributed by atoms with Crippen molar-refractivity contribution >= 4 is 11.3 Å².